The zero-order valence-corrected chi connectivity index (χ0v) is 10.9. The molecule has 1 aliphatic rings. The highest BCUT2D eigenvalue weighted by Gasteiger charge is 2.23. The largest absolute Gasteiger partial charge is 0.477 e. The summed E-state index contributed by atoms with van der Waals surface area (Å²) in [6.45, 7) is 1.56. The Hall–Kier alpha value is -1.83. The van der Waals surface area contributed by atoms with Crippen LogP contribution >= 0.6 is 11.8 Å². The fraction of sp³-hybridized carbons (Fsp3) is 0.455. The third-order valence-corrected chi connectivity index (χ3v) is 3.89. The molecule has 1 aromatic heterocycles. The molecule has 0 saturated carbocycles. The molecule has 0 aliphatic carbocycles. The minimum Gasteiger partial charge on any atom is -0.477 e. The number of carboxylic acid groups (broad SMARTS) is 1. The van der Waals surface area contributed by atoms with Gasteiger partial charge in [0.1, 0.15) is 17.6 Å². The zero-order chi connectivity index (χ0) is 13.8. The first-order valence-corrected chi connectivity index (χ1v) is 6.95. The van der Waals surface area contributed by atoms with Crippen molar-refractivity contribution in [3.63, 3.8) is 0 Å². The average molecular weight is 283 g/mol. The molecule has 0 bridgehead atoms. The van der Waals surface area contributed by atoms with Crippen LogP contribution < -0.4 is 4.90 Å². The highest BCUT2D eigenvalue weighted by Crippen LogP contribution is 2.24. The van der Waals surface area contributed by atoms with Gasteiger partial charge in [0.25, 0.3) is 0 Å². The van der Waals surface area contributed by atoms with Gasteiger partial charge in [-0.1, -0.05) is 0 Å². The monoisotopic (exact) mass is 283 g/mol. The fourth-order valence-electron chi connectivity index (χ4n) is 1.90. The second-order valence-electron chi connectivity index (χ2n) is 4.07. The topological polar surface area (TPSA) is 96.6 Å². The van der Waals surface area contributed by atoms with E-state index in [9.17, 15) is 14.9 Å². The first kappa shape index (κ1) is 13.6. The Balaban J connectivity index is 2.34. The summed E-state index contributed by atoms with van der Waals surface area (Å²) in [6.07, 6.45) is 2.02. The van der Waals surface area contributed by atoms with Crippen LogP contribution in [-0.4, -0.2) is 45.6 Å². The molecular formula is C11H13N3O4S. The number of hydrogen-bond donors (Lipinski definition) is 1. The molecule has 2 heterocycles. The summed E-state index contributed by atoms with van der Waals surface area (Å²) >= 11 is 1.84. The minimum absolute atomic E-state index is 0.313. The van der Waals surface area contributed by atoms with E-state index in [4.69, 9.17) is 5.11 Å². The van der Waals surface area contributed by atoms with Crippen molar-refractivity contribution in [3.05, 3.63) is 27.9 Å². The van der Waals surface area contributed by atoms with Crippen molar-refractivity contribution in [1.29, 1.82) is 0 Å². The first-order chi connectivity index (χ1) is 9.09. The van der Waals surface area contributed by atoms with Gasteiger partial charge < -0.3 is 10.0 Å². The number of aromatic carboxylic acids is 1. The number of hydrogen-bond acceptors (Lipinski definition) is 6. The SMILES string of the molecule is O=C(O)c1cc(N2CCCSCC2)ncc1[N+](=O)[O-]. The van der Waals surface area contributed by atoms with Gasteiger partial charge in [-0.3, -0.25) is 10.1 Å². The standard InChI is InChI=1S/C11H13N3O4S/c15-11(16)8-6-10(12-7-9(8)14(17)18)13-2-1-4-19-5-3-13/h6-7H,1-5H2,(H,15,16). The van der Waals surface area contributed by atoms with E-state index < -0.39 is 16.6 Å². The van der Waals surface area contributed by atoms with Gasteiger partial charge in [-0.25, -0.2) is 9.78 Å². The summed E-state index contributed by atoms with van der Waals surface area (Å²) in [7, 11) is 0. The molecule has 7 nitrogen and oxygen atoms in total. The number of carbonyl (C=O) groups is 1. The number of carboxylic acids is 1. The van der Waals surface area contributed by atoms with E-state index in [0.717, 1.165) is 37.2 Å². The number of rotatable bonds is 3. The van der Waals surface area contributed by atoms with Crippen molar-refractivity contribution < 1.29 is 14.8 Å². The zero-order valence-electron chi connectivity index (χ0n) is 10.1. The van der Waals surface area contributed by atoms with Crippen molar-refractivity contribution in [2.45, 2.75) is 6.42 Å². The number of nitrogens with zero attached hydrogens (tertiary/aromatic N) is 3. The number of pyridine rings is 1. The Kier molecular flexibility index (Phi) is 4.20. The van der Waals surface area contributed by atoms with Gasteiger partial charge in [0.2, 0.25) is 0 Å². The average Bonchev–Trinajstić information content (AvgIpc) is 2.66. The van der Waals surface area contributed by atoms with Gasteiger partial charge in [0, 0.05) is 24.9 Å². The third kappa shape index (κ3) is 3.14. The second kappa shape index (κ2) is 5.87. The molecule has 1 aliphatic heterocycles. The second-order valence-corrected chi connectivity index (χ2v) is 5.30. The van der Waals surface area contributed by atoms with Crippen molar-refractivity contribution in [2.24, 2.45) is 0 Å². The summed E-state index contributed by atoms with van der Waals surface area (Å²) in [4.78, 5) is 27.1. The van der Waals surface area contributed by atoms with E-state index >= 15 is 0 Å². The quantitative estimate of drug-likeness (QED) is 0.665. The van der Waals surface area contributed by atoms with Crippen molar-refractivity contribution in [2.75, 3.05) is 29.5 Å². The summed E-state index contributed by atoms with van der Waals surface area (Å²) in [5.74, 6) is 1.20. The van der Waals surface area contributed by atoms with E-state index in [-0.39, 0.29) is 5.56 Å². The van der Waals surface area contributed by atoms with Crippen molar-refractivity contribution >= 4 is 29.2 Å². The van der Waals surface area contributed by atoms with Crippen LogP contribution in [0.4, 0.5) is 11.5 Å². The molecule has 1 saturated heterocycles. The Labute approximate surface area is 113 Å². The lowest BCUT2D eigenvalue weighted by molar-refractivity contribution is -0.385. The first-order valence-electron chi connectivity index (χ1n) is 5.80. The predicted molar refractivity (Wildman–Crippen MR) is 72.0 cm³/mol. The molecule has 0 radical (unpaired) electrons. The van der Waals surface area contributed by atoms with Gasteiger partial charge in [0.15, 0.2) is 0 Å². The minimum atomic E-state index is -1.31. The molecule has 102 valence electrons. The van der Waals surface area contributed by atoms with Crippen LogP contribution in [0.25, 0.3) is 0 Å². The Morgan fingerprint density at radius 3 is 2.95 bits per heavy atom. The van der Waals surface area contributed by atoms with E-state index in [1.54, 1.807) is 0 Å². The van der Waals surface area contributed by atoms with Crippen LogP contribution in [0.1, 0.15) is 16.8 Å². The van der Waals surface area contributed by atoms with E-state index in [1.807, 2.05) is 16.7 Å². The molecular weight excluding hydrogens is 270 g/mol. The van der Waals surface area contributed by atoms with Gasteiger partial charge >= 0.3 is 11.7 Å². The summed E-state index contributed by atoms with van der Waals surface area (Å²) in [5.41, 5.74) is -0.785. The van der Waals surface area contributed by atoms with Crippen molar-refractivity contribution in [1.82, 2.24) is 4.98 Å². The molecule has 0 unspecified atom stereocenters. The van der Waals surface area contributed by atoms with Crippen LogP contribution in [0.2, 0.25) is 0 Å². The Morgan fingerprint density at radius 1 is 1.47 bits per heavy atom. The van der Waals surface area contributed by atoms with E-state index in [1.165, 1.54) is 6.07 Å². The Bertz CT molecular complexity index is 501. The van der Waals surface area contributed by atoms with Gasteiger partial charge in [-0.05, 0) is 12.2 Å². The van der Waals surface area contributed by atoms with Crippen LogP contribution in [0, 0.1) is 10.1 Å². The van der Waals surface area contributed by atoms with E-state index in [2.05, 4.69) is 4.98 Å². The van der Waals surface area contributed by atoms with Gasteiger partial charge in [0.05, 0.1) is 4.92 Å². The lowest BCUT2D eigenvalue weighted by Gasteiger charge is -2.21. The van der Waals surface area contributed by atoms with Crippen LogP contribution in [0.3, 0.4) is 0 Å². The predicted octanol–water partition coefficient (Wildman–Crippen LogP) is 1.63. The molecule has 0 aromatic carbocycles. The number of nitro groups is 1. The summed E-state index contributed by atoms with van der Waals surface area (Å²) in [6, 6.07) is 1.29. The van der Waals surface area contributed by atoms with E-state index in [0.29, 0.717) is 5.82 Å². The summed E-state index contributed by atoms with van der Waals surface area (Å²) in [5, 5.41) is 19.8. The molecule has 19 heavy (non-hydrogen) atoms. The maximum absolute atomic E-state index is 11.1. The molecule has 0 atom stereocenters. The lowest BCUT2D eigenvalue weighted by Crippen LogP contribution is -2.26. The molecule has 8 heteroatoms. The fourth-order valence-corrected chi connectivity index (χ4v) is 2.79. The third-order valence-electron chi connectivity index (χ3n) is 2.84. The molecule has 1 N–H and O–H groups in total. The highest BCUT2D eigenvalue weighted by atomic mass is 32.2. The van der Waals surface area contributed by atoms with Crippen LogP contribution in [0.5, 0.6) is 0 Å². The summed E-state index contributed by atoms with van der Waals surface area (Å²) < 4.78 is 0. The number of thioether (sulfide) groups is 1. The molecule has 0 spiro atoms. The van der Waals surface area contributed by atoms with Crippen LogP contribution in [0.15, 0.2) is 12.3 Å². The molecule has 2 rings (SSSR count). The smallest absolute Gasteiger partial charge is 0.342 e. The maximum atomic E-state index is 11.1. The number of aromatic nitrogens is 1. The highest BCUT2D eigenvalue weighted by molar-refractivity contribution is 7.99. The van der Waals surface area contributed by atoms with Gasteiger partial charge in [-0.2, -0.15) is 11.8 Å². The van der Waals surface area contributed by atoms with Crippen molar-refractivity contribution in [3.8, 4) is 0 Å². The molecule has 1 aromatic rings. The number of anilines is 1. The Morgan fingerprint density at radius 2 is 2.26 bits per heavy atom. The normalized spacial score (nSPS) is 15.9. The molecule has 0 amide bonds. The van der Waals surface area contributed by atoms with Crippen LogP contribution in [-0.2, 0) is 0 Å². The maximum Gasteiger partial charge on any atom is 0.342 e. The molecule has 1 fully saturated rings. The lowest BCUT2D eigenvalue weighted by atomic mass is 10.2. The van der Waals surface area contributed by atoms with Gasteiger partial charge in [-0.15, -0.1) is 0 Å².